The Kier molecular flexibility index (Phi) is 10.1. The Balaban J connectivity index is 1.61. The summed E-state index contributed by atoms with van der Waals surface area (Å²) in [6, 6.07) is 6.98. The van der Waals surface area contributed by atoms with E-state index in [1.807, 2.05) is 63.3 Å². The van der Waals surface area contributed by atoms with Crippen molar-refractivity contribution in [3.63, 3.8) is 0 Å². The summed E-state index contributed by atoms with van der Waals surface area (Å²) in [4.78, 5) is 59.6. The quantitative estimate of drug-likeness (QED) is 0.337. The molecule has 0 saturated carbocycles. The van der Waals surface area contributed by atoms with Gasteiger partial charge in [-0.2, -0.15) is 0 Å². The smallest absolute Gasteiger partial charge is 0.313 e. The number of cyclic esters (lactones) is 1. The van der Waals surface area contributed by atoms with Crippen LogP contribution in [0.3, 0.4) is 0 Å². The Bertz CT molecular complexity index is 1320. The maximum atomic E-state index is 14.7. The van der Waals surface area contributed by atoms with Crippen molar-refractivity contribution in [2.45, 2.75) is 95.7 Å². The van der Waals surface area contributed by atoms with Crippen LogP contribution in [-0.2, 0) is 28.7 Å². The average molecular weight is 622 g/mol. The summed E-state index contributed by atoms with van der Waals surface area (Å²) in [6.45, 7) is 8.24. The van der Waals surface area contributed by atoms with Gasteiger partial charge < -0.3 is 29.7 Å². The van der Waals surface area contributed by atoms with Gasteiger partial charge in [0, 0.05) is 19.5 Å². The molecule has 1 aromatic carbocycles. The van der Waals surface area contributed by atoms with E-state index in [1.165, 1.54) is 4.90 Å². The molecule has 45 heavy (non-hydrogen) atoms. The number of fused-ring (bicyclic) bond motifs is 2. The number of amides is 3. The van der Waals surface area contributed by atoms with Gasteiger partial charge in [-0.05, 0) is 31.2 Å². The van der Waals surface area contributed by atoms with E-state index in [0.29, 0.717) is 31.5 Å². The second kappa shape index (κ2) is 13.9. The molecule has 4 aliphatic heterocycles. The largest absolute Gasteiger partial charge is 0.455 e. The number of rotatable bonds is 8. The fourth-order valence-electron chi connectivity index (χ4n) is 7.38. The van der Waals surface area contributed by atoms with Crippen LogP contribution in [0.2, 0.25) is 0 Å². The molecule has 9 atom stereocenters. The minimum Gasteiger partial charge on any atom is -0.455 e. The zero-order valence-electron chi connectivity index (χ0n) is 26.8. The highest BCUT2D eigenvalue weighted by atomic mass is 16.6. The summed E-state index contributed by atoms with van der Waals surface area (Å²) in [5, 5.41) is 13.6. The van der Waals surface area contributed by atoms with E-state index in [1.54, 1.807) is 24.0 Å². The predicted molar refractivity (Wildman–Crippen MR) is 167 cm³/mol. The van der Waals surface area contributed by atoms with Gasteiger partial charge >= 0.3 is 5.97 Å². The number of aliphatic hydroxyl groups is 1. The molecule has 5 rings (SSSR count). The molecule has 244 valence electrons. The van der Waals surface area contributed by atoms with Crippen LogP contribution in [0, 0.1) is 17.8 Å². The molecule has 0 aliphatic carbocycles. The number of esters is 1. The van der Waals surface area contributed by atoms with Crippen molar-refractivity contribution in [2.24, 2.45) is 17.8 Å². The van der Waals surface area contributed by atoms with E-state index < -0.39 is 53.7 Å². The second-order valence-electron chi connectivity index (χ2n) is 12.9. The molecule has 2 saturated heterocycles. The SMILES string of the molecule is CCCCN1C/C=C\CCC(=O)N[C@H](C)[C@@H](c2ccccc2)OC(=O)[C@@H]2[C@@H]3C=C[C@]4(O3)[C@H](C1=O)N([C@@H](CO)[C@@H](C)CC)C(=O)[C@@H]24. The lowest BCUT2D eigenvalue weighted by Crippen LogP contribution is -2.59. The average Bonchev–Trinajstić information content (AvgIpc) is 3.68. The number of ether oxygens (including phenoxy) is 2. The highest BCUT2D eigenvalue weighted by Crippen LogP contribution is 2.56. The van der Waals surface area contributed by atoms with Crippen LogP contribution in [0.15, 0.2) is 54.6 Å². The molecule has 0 aromatic heterocycles. The Morgan fingerprint density at radius 1 is 1.09 bits per heavy atom. The lowest BCUT2D eigenvalue weighted by Gasteiger charge is -2.40. The number of nitrogens with one attached hydrogen (secondary N) is 1. The number of likely N-dealkylation sites (tertiary alicyclic amines) is 1. The van der Waals surface area contributed by atoms with E-state index >= 15 is 0 Å². The van der Waals surface area contributed by atoms with Gasteiger partial charge in [-0.3, -0.25) is 19.2 Å². The highest BCUT2D eigenvalue weighted by molar-refractivity contribution is 5.99. The summed E-state index contributed by atoms with van der Waals surface area (Å²) in [5.41, 5.74) is -0.657. The van der Waals surface area contributed by atoms with Crippen LogP contribution in [0.4, 0.5) is 0 Å². The van der Waals surface area contributed by atoms with E-state index in [-0.39, 0.29) is 36.7 Å². The van der Waals surface area contributed by atoms with Crippen molar-refractivity contribution in [1.29, 1.82) is 0 Å². The number of allylic oxidation sites excluding steroid dienone is 1. The number of carbonyl (C=O) groups excluding carboxylic acids is 4. The van der Waals surface area contributed by atoms with Crippen LogP contribution in [0.1, 0.15) is 71.5 Å². The number of aliphatic hydroxyl groups excluding tert-OH is 1. The lowest BCUT2D eigenvalue weighted by molar-refractivity contribution is -0.162. The third-order valence-corrected chi connectivity index (χ3v) is 10.0. The van der Waals surface area contributed by atoms with Crippen LogP contribution in [0.5, 0.6) is 0 Å². The number of unbranched alkanes of at least 4 members (excludes halogenated alkanes) is 1. The minimum absolute atomic E-state index is 0.107. The van der Waals surface area contributed by atoms with Gasteiger partial charge in [-0.1, -0.05) is 88.2 Å². The molecule has 3 amide bonds. The van der Waals surface area contributed by atoms with Crippen molar-refractivity contribution in [3.05, 3.63) is 60.2 Å². The van der Waals surface area contributed by atoms with E-state index in [2.05, 4.69) is 5.32 Å². The molecular formula is C35H47N3O7. The summed E-state index contributed by atoms with van der Waals surface area (Å²) in [7, 11) is 0. The van der Waals surface area contributed by atoms with Crippen LogP contribution < -0.4 is 5.32 Å². The monoisotopic (exact) mass is 621 g/mol. The first-order valence-corrected chi connectivity index (χ1v) is 16.5. The fraction of sp³-hybridized carbons (Fsp3) is 0.600. The lowest BCUT2D eigenvalue weighted by atomic mass is 9.74. The summed E-state index contributed by atoms with van der Waals surface area (Å²) < 4.78 is 12.7. The zero-order chi connectivity index (χ0) is 32.3. The topological polar surface area (TPSA) is 125 Å². The first-order chi connectivity index (χ1) is 21.7. The first-order valence-electron chi connectivity index (χ1n) is 16.5. The number of nitrogens with zero attached hydrogens (tertiary/aromatic N) is 2. The van der Waals surface area contributed by atoms with E-state index in [9.17, 15) is 24.3 Å². The zero-order valence-corrected chi connectivity index (χ0v) is 26.8. The Morgan fingerprint density at radius 2 is 1.84 bits per heavy atom. The molecular weight excluding hydrogens is 574 g/mol. The molecule has 5 bridgehead atoms. The third kappa shape index (κ3) is 6.06. The van der Waals surface area contributed by atoms with Gasteiger partial charge in [0.2, 0.25) is 17.7 Å². The molecule has 1 spiro atoms. The molecule has 2 fully saturated rings. The van der Waals surface area contributed by atoms with Crippen LogP contribution >= 0.6 is 0 Å². The van der Waals surface area contributed by atoms with Crippen molar-refractivity contribution in [3.8, 4) is 0 Å². The Labute approximate surface area is 265 Å². The molecule has 1 aromatic rings. The second-order valence-corrected chi connectivity index (χ2v) is 12.9. The molecule has 4 aliphatic rings. The minimum atomic E-state index is -1.37. The Morgan fingerprint density at radius 3 is 2.53 bits per heavy atom. The third-order valence-electron chi connectivity index (χ3n) is 10.0. The van der Waals surface area contributed by atoms with Gasteiger partial charge in [0.25, 0.3) is 0 Å². The first kappa shape index (κ1) is 32.9. The van der Waals surface area contributed by atoms with E-state index in [4.69, 9.17) is 9.47 Å². The molecule has 0 radical (unpaired) electrons. The predicted octanol–water partition coefficient (Wildman–Crippen LogP) is 3.31. The van der Waals surface area contributed by atoms with Crippen molar-refractivity contribution in [1.82, 2.24) is 15.1 Å². The summed E-state index contributed by atoms with van der Waals surface area (Å²) in [5.74, 6) is -3.55. The molecule has 0 unspecified atom stereocenters. The maximum absolute atomic E-state index is 14.7. The highest BCUT2D eigenvalue weighted by Gasteiger charge is 2.74. The number of hydrogen-bond donors (Lipinski definition) is 2. The normalized spacial score (nSPS) is 34.0. The van der Waals surface area contributed by atoms with Crippen molar-refractivity contribution >= 4 is 23.7 Å². The van der Waals surface area contributed by atoms with Gasteiger partial charge in [0.05, 0.1) is 30.7 Å². The van der Waals surface area contributed by atoms with Crippen LogP contribution in [0.25, 0.3) is 0 Å². The molecule has 4 heterocycles. The molecule has 10 heteroatoms. The fourth-order valence-corrected chi connectivity index (χ4v) is 7.38. The van der Waals surface area contributed by atoms with Gasteiger partial charge in [-0.15, -0.1) is 0 Å². The number of benzene rings is 1. The van der Waals surface area contributed by atoms with Gasteiger partial charge in [0.1, 0.15) is 23.7 Å². The van der Waals surface area contributed by atoms with Crippen molar-refractivity contribution < 1.29 is 33.8 Å². The molecule has 10 nitrogen and oxygen atoms in total. The van der Waals surface area contributed by atoms with Crippen molar-refractivity contribution in [2.75, 3.05) is 19.7 Å². The summed E-state index contributed by atoms with van der Waals surface area (Å²) >= 11 is 0. The standard InChI is InChI=1S/C35H47N3O7/c1-5-7-19-37-20-13-9-12-16-27(40)36-23(4)30(24-14-10-8-11-15-24)44-34(43)28-26-17-18-35(45-26)29(28)32(41)38(31(35)33(37)42)25(21-39)22(3)6-2/h8-11,13-15,17-18,22-23,25-26,28-31,39H,5-7,12,16,19-21H2,1-4H3,(H,36,40)/b13-9-/t22-,23+,25-,26-,28+,29+,30-,31-,35+/m0/s1. The van der Waals surface area contributed by atoms with Gasteiger partial charge in [0.15, 0.2) is 0 Å². The van der Waals surface area contributed by atoms with Crippen LogP contribution in [-0.4, -0.2) is 88.1 Å². The van der Waals surface area contributed by atoms with Gasteiger partial charge in [-0.25, -0.2) is 0 Å². The number of hydrogen-bond acceptors (Lipinski definition) is 7. The summed E-state index contributed by atoms with van der Waals surface area (Å²) in [6.07, 6.45) is 8.81. The number of carbonyl (C=O) groups is 4. The maximum Gasteiger partial charge on any atom is 0.313 e. The Hall–Kier alpha value is -3.50. The van der Waals surface area contributed by atoms with E-state index in [0.717, 1.165) is 12.8 Å². The molecule has 2 N–H and O–H groups in total.